The first-order valence-electron chi connectivity index (χ1n) is 5.62. The van der Waals surface area contributed by atoms with E-state index < -0.39 is 0 Å². The Kier molecular flexibility index (Phi) is 5.14. The highest BCUT2D eigenvalue weighted by molar-refractivity contribution is 5.81. The van der Waals surface area contributed by atoms with Crippen molar-refractivity contribution in [2.45, 2.75) is 38.5 Å². The number of nitrogens with two attached hydrogens (primary N) is 1. The van der Waals surface area contributed by atoms with Gasteiger partial charge in [-0.2, -0.15) is 0 Å². The van der Waals surface area contributed by atoms with Crippen LogP contribution in [0.1, 0.15) is 20.3 Å². The van der Waals surface area contributed by atoms with Gasteiger partial charge < -0.3 is 9.84 Å². The second-order valence-corrected chi connectivity index (χ2v) is 4.12. The van der Waals surface area contributed by atoms with Gasteiger partial charge in [-0.3, -0.25) is 15.1 Å². The lowest BCUT2D eigenvalue weighted by molar-refractivity contribution is -0.135. The first kappa shape index (κ1) is 13.4. The van der Waals surface area contributed by atoms with Gasteiger partial charge in [-0.05, 0) is 13.3 Å². The number of aliphatic hydroxyl groups is 1. The Balaban J connectivity index is 2.69. The second-order valence-electron chi connectivity index (χ2n) is 4.12. The van der Waals surface area contributed by atoms with Crippen LogP contribution in [0.2, 0.25) is 0 Å². The zero-order chi connectivity index (χ0) is 12.1. The third kappa shape index (κ3) is 2.91. The lowest BCUT2D eigenvalue weighted by Crippen LogP contribution is -2.58. The van der Waals surface area contributed by atoms with Crippen molar-refractivity contribution in [3.8, 4) is 0 Å². The Morgan fingerprint density at radius 3 is 2.94 bits per heavy atom. The summed E-state index contributed by atoms with van der Waals surface area (Å²) in [6.07, 6.45) is 0.474. The number of hydrogen-bond donors (Lipinski definition) is 3. The fraction of sp³-hybridized carbons (Fsp3) is 0.900. The summed E-state index contributed by atoms with van der Waals surface area (Å²) in [5.74, 6) is 4.97. The molecule has 1 amide bonds. The molecule has 3 atom stereocenters. The summed E-state index contributed by atoms with van der Waals surface area (Å²) >= 11 is 0. The minimum Gasteiger partial charge on any atom is -0.394 e. The third-order valence-corrected chi connectivity index (χ3v) is 2.99. The predicted molar refractivity (Wildman–Crippen MR) is 59.4 cm³/mol. The molecular formula is C10H21N3O3. The van der Waals surface area contributed by atoms with Gasteiger partial charge in [0.05, 0.1) is 25.4 Å². The molecule has 0 saturated carbocycles. The van der Waals surface area contributed by atoms with Crippen LogP contribution >= 0.6 is 0 Å². The SMILES string of the molecule is CCC(C(=O)NN)N1CC(CO)OCC1C. The molecular weight excluding hydrogens is 210 g/mol. The zero-order valence-corrected chi connectivity index (χ0v) is 9.85. The van der Waals surface area contributed by atoms with Gasteiger partial charge in [0.15, 0.2) is 0 Å². The van der Waals surface area contributed by atoms with Crippen molar-refractivity contribution in [3.05, 3.63) is 0 Å². The van der Waals surface area contributed by atoms with Crippen LogP contribution < -0.4 is 11.3 Å². The number of morpholine rings is 1. The molecule has 0 aromatic rings. The largest absolute Gasteiger partial charge is 0.394 e. The molecule has 0 aromatic heterocycles. The molecule has 1 fully saturated rings. The van der Waals surface area contributed by atoms with Crippen molar-refractivity contribution in [3.63, 3.8) is 0 Å². The molecule has 1 heterocycles. The first-order valence-corrected chi connectivity index (χ1v) is 5.62. The number of nitrogens with zero attached hydrogens (tertiary/aromatic N) is 1. The van der Waals surface area contributed by atoms with E-state index in [0.717, 1.165) is 0 Å². The highest BCUT2D eigenvalue weighted by Crippen LogP contribution is 2.16. The highest BCUT2D eigenvalue weighted by atomic mass is 16.5. The van der Waals surface area contributed by atoms with Crippen molar-refractivity contribution in [2.24, 2.45) is 5.84 Å². The van der Waals surface area contributed by atoms with Crippen molar-refractivity contribution in [2.75, 3.05) is 19.8 Å². The van der Waals surface area contributed by atoms with Gasteiger partial charge in [0.25, 0.3) is 5.91 Å². The smallest absolute Gasteiger partial charge is 0.251 e. The van der Waals surface area contributed by atoms with Crippen LogP contribution in [0.3, 0.4) is 0 Å². The molecule has 0 radical (unpaired) electrons. The van der Waals surface area contributed by atoms with Crippen LogP contribution in [-0.2, 0) is 9.53 Å². The van der Waals surface area contributed by atoms with E-state index in [1.54, 1.807) is 0 Å². The average Bonchev–Trinajstić information content (AvgIpc) is 2.32. The van der Waals surface area contributed by atoms with Crippen LogP contribution in [-0.4, -0.2) is 53.9 Å². The fourth-order valence-electron chi connectivity index (χ4n) is 2.05. The van der Waals surface area contributed by atoms with E-state index in [1.165, 1.54) is 0 Å². The molecule has 1 aliphatic rings. The molecule has 6 nitrogen and oxygen atoms in total. The van der Waals surface area contributed by atoms with E-state index in [2.05, 4.69) is 5.43 Å². The molecule has 94 valence electrons. The molecule has 1 rings (SSSR count). The number of ether oxygens (including phenoxy) is 1. The van der Waals surface area contributed by atoms with Crippen molar-refractivity contribution >= 4 is 5.91 Å². The summed E-state index contributed by atoms with van der Waals surface area (Å²) in [6, 6.07) is -0.0944. The lowest BCUT2D eigenvalue weighted by atomic mass is 10.1. The molecule has 0 spiro atoms. The van der Waals surface area contributed by atoms with Crippen LogP contribution in [0.25, 0.3) is 0 Å². The molecule has 4 N–H and O–H groups in total. The summed E-state index contributed by atoms with van der Waals surface area (Å²) in [7, 11) is 0. The number of rotatable bonds is 4. The highest BCUT2D eigenvalue weighted by Gasteiger charge is 2.33. The lowest BCUT2D eigenvalue weighted by Gasteiger charge is -2.41. The number of amides is 1. The van der Waals surface area contributed by atoms with Gasteiger partial charge in [0.2, 0.25) is 0 Å². The quantitative estimate of drug-likeness (QED) is 0.322. The van der Waals surface area contributed by atoms with Crippen molar-refractivity contribution < 1.29 is 14.6 Å². The summed E-state index contributed by atoms with van der Waals surface area (Å²) in [5.41, 5.74) is 2.18. The average molecular weight is 231 g/mol. The normalized spacial score (nSPS) is 28.8. The number of carbonyl (C=O) groups excluding carboxylic acids is 1. The number of carbonyl (C=O) groups is 1. The summed E-state index contributed by atoms with van der Waals surface area (Å²) in [4.78, 5) is 13.6. The summed E-state index contributed by atoms with van der Waals surface area (Å²) in [6.45, 7) is 5.00. The van der Waals surface area contributed by atoms with Crippen LogP contribution in [0.15, 0.2) is 0 Å². The molecule has 16 heavy (non-hydrogen) atoms. The molecule has 0 bridgehead atoms. The van der Waals surface area contributed by atoms with E-state index in [9.17, 15) is 4.79 Å². The van der Waals surface area contributed by atoms with Gasteiger partial charge >= 0.3 is 0 Å². The molecule has 0 aromatic carbocycles. The maximum Gasteiger partial charge on any atom is 0.251 e. The summed E-state index contributed by atoms with van der Waals surface area (Å²) in [5, 5.41) is 9.07. The molecule has 3 unspecified atom stereocenters. The van der Waals surface area contributed by atoms with Gasteiger partial charge in [0, 0.05) is 12.6 Å². The Hall–Kier alpha value is -0.690. The Bertz CT molecular complexity index is 237. The van der Waals surface area contributed by atoms with Crippen molar-refractivity contribution in [1.29, 1.82) is 0 Å². The second kappa shape index (κ2) is 6.15. The van der Waals surface area contributed by atoms with Crippen LogP contribution in [0.5, 0.6) is 0 Å². The van der Waals surface area contributed by atoms with Gasteiger partial charge in [-0.15, -0.1) is 0 Å². The number of aliphatic hydroxyl groups excluding tert-OH is 1. The molecule has 1 aliphatic heterocycles. The number of hydrogen-bond acceptors (Lipinski definition) is 5. The molecule has 1 saturated heterocycles. The van der Waals surface area contributed by atoms with Gasteiger partial charge in [0.1, 0.15) is 0 Å². The minimum absolute atomic E-state index is 0.0239. The summed E-state index contributed by atoms with van der Waals surface area (Å²) < 4.78 is 5.42. The predicted octanol–water partition coefficient (Wildman–Crippen LogP) is -1.16. The molecule has 0 aliphatic carbocycles. The van der Waals surface area contributed by atoms with Gasteiger partial charge in [-0.1, -0.05) is 6.92 Å². The monoisotopic (exact) mass is 231 g/mol. The minimum atomic E-state index is -0.252. The van der Waals surface area contributed by atoms with E-state index in [0.29, 0.717) is 19.6 Å². The maximum atomic E-state index is 11.6. The molecule has 6 heteroatoms. The zero-order valence-electron chi connectivity index (χ0n) is 9.85. The van der Waals surface area contributed by atoms with Crippen molar-refractivity contribution in [1.82, 2.24) is 10.3 Å². The third-order valence-electron chi connectivity index (χ3n) is 2.99. The van der Waals surface area contributed by atoms with Gasteiger partial charge in [-0.25, -0.2) is 5.84 Å². The van der Waals surface area contributed by atoms with Crippen LogP contribution in [0.4, 0.5) is 0 Å². The van der Waals surface area contributed by atoms with E-state index in [4.69, 9.17) is 15.7 Å². The Morgan fingerprint density at radius 2 is 2.44 bits per heavy atom. The number of hydrazine groups is 1. The number of nitrogens with one attached hydrogen (secondary N) is 1. The maximum absolute atomic E-state index is 11.6. The Labute approximate surface area is 95.7 Å². The van der Waals surface area contributed by atoms with Crippen LogP contribution in [0, 0.1) is 0 Å². The standard InChI is InChI=1S/C10H21N3O3/c1-3-9(10(15)12-11)13-4-8(5-14)16-6-7(13)2/h7-9,14H,3-6,11H2,1-2H3,(H,12,15). The topological polar surface area (TPSA) is 87.8 Å². The van der Waals surface area contributed by atoms with E-state index in [1.807, 2.05) is 18.7 Å². The van der Waals surface area contributed by atoms with E-state index in [-0.39, 0.29) is 30.7 Å². The first-order chi connectivity index (χ1) is 7.63. The Morgan fingerprint density at radius 1 is 1.75 bits per heavy atom. The fourth-order valence-corrected chi connectivity index (χ4v) is 2.05. The van der Waals surface area contributed by atoms with E-state index >= 15 is 0 Å².